The number of carboxylic acid groups (broad SMARTS) is 2. The van der Waals surface area contributed by atoms with Crippen LogP contribution in [0, 0.1) is 0 Å². The summed E-state index contributed by atoms with van der Waals surface area (Å²) >= 11 is 0. The van der Waals surface area contributed by atoms with Crippen molar-refractivity contribution >= 4 is 63.7 Å². The first kappa shape index (κ1) is 88.2. The van der Waals surface area contributed by atoms with E-state index in [-0.39, 0.29) is 213 Å². The molecule has 0 aromatic rings. The smallest absolute Gasteiger partial charge is 0.735 e. The predicted octanol–water partition coefficient (Wildman–Crippen LogP) is -35.2. The Bertz CT molecular complexity index is 2410. The van der Waals surface area contributed by atoms with Crippen molar-refractivity contribution in [3.05, 3.63) is 0 Å². The van der Waals surface area contributed by atoms with E-state index in [1.165, 1.54) is 11.6 Å². The van der Waals surface area contributed by atoms with Gasteiger partial charge in [0.1, 0.15) is 85.3 Å². The van der Waals surface area contributed by atoms with Gasteiger partial charge in [0, 0.05) is 6.61 Å². The van der Waals surface area contributed by atoms with Crippen LogP contribution < -0.4 is 227 Å². The maximum absolute atomic E-state index is 12.5. The maximum atomic E-state index is 12.5. The Hall–Kier alpha value is 4.73. The van der Waals surface area contributed by atoms with Gasteiger partial charge in [0.15, 0.2) is 58.0 Å². The normalized spacial score (nSPS) is 35.7. The molecule has 20 unspecified atom stereocenters. The van der Waals surface area contributed by atoms with Gasteiger partial charge in [0.25, 0.3) is 0 Å². The van der Waals surface area contributed by atoms with E-state index in [2.05, 4.69) is 12.5 Å². The summed E-state index contributed by atoms with van der Waals surface area (Å²) in [5.41, 5.74) is 0. The number of nitrogens with one attached hydrogen (secondary N) is 2. The van der Waals surface area contributed by atoms with Crippen molar-refractivity contribution in [3.63, 3.8) is 0 Å². The molecule has 410 valence electrons. The van der Waals surface area contributed by atoms with Crippen LogP contribution in [0.3, 0.4) is 0 Å². The van der Waals surface area contributed by atoms with Gasteiger partial charge in [-0.1, -0.05) is 6.92 Å². The summed E-state index contributed by atoms with van der Waals surface area (Å²) in [6.07, 6.45) is -49.2. The zero-order valence-electron chi connectivity index (χ0n) is 41.3. The zero-order valence-corrected chi connectivity index (χ0v) is 59.4. The Kier molecular flexibility index (Phi) is 42.4. The summed E-state index contributed by atoms with van der Waals surface area (Å²) in [5, 5.41) is 89.1. The summed E-state index contributed by atoms with van der Waals surface area (Å²) in [7, 11) is -29.8. The zero-order chi connectivity index (χ0) is 53.2. The standard InChI is InChI=1S/C27H46N2O36S5.7Na/c1-2-3-55-26-18(64-69(49,50)51)13(34)16(20(62-26)22(36)37)61-25-9(29-67(43,44)45)12(33)15(7(58-25)5-56-68(46,47)48)59-27-19(65-70(52,53)54)14(35)17(21(63-27)23(38)39)60-24-8(28-66(40,41)42)11(32)10(31)6(4-30)57-24;;;;;;;/h6-21,24-35H,2-5H2,1H3,(H,36,37)(H,38,39)(H,40,41,42)(H,43,44,45)(H,46,47,48)(H,49,50,51)(H,52,53,54);;;;;;;/q;7*+1/p-7. The fourth-order valence-corrected chi connectivity index (χ4v) is 9.45. The third-order valence-electron chi connectivity index (χ3n) is 9.82. The molecule has 4 rings (SSSR count). The van der Waals surface area contributed by atoms with Gasteiger partial charge in [-0.3, -0.25) is 12.5 Å². The SMILES string of the molecule is CCCOC1OC(C(=O)[O-])C(OC2OC(COS(=O)(=O)[O-])C(OC3OC(C(=O)[O-])C(OC4OC(CO)C(O)C(O)C4NS(=O)(=O)[O-])C(O)C3OS(=O)(=O)[O-])C(O)C2NS(=O)(=O)[O-])C(O)C1OS(=O)(=O)[O-].[Na+].[Na+].[Na+].[Na+].[Na+].[Na+].[Na+]. The molecule has 0 aliphatic carbocycles. The second kappa shape index (κ2) is 37.0. The fourth-order valence-electron chi connectivity index (χ4n) is 7.03. The number of hydrogen-bond acceptors (Lipinski definition) is 36. The van der Waals surface area contributed by atoms with Crippen LogP contribution in [0.25, 0.3) is 0 Å². The van der Waals surface area contributed by atoms with Gasteiger partial charge in [-0.2, -0.15) is 0 Å². The predicted molar refractivity (Wildman–Crippen MR) is 191 cm³/mol. The molecule has 77 heavy (non-hydrogen) atoms. The van der Waals surface area contributed by atoms with Gasteiger partial charge in [0.05, 0.1) is 25.2 Å². The molecule has 4 fully saturated rings. The molecule has 0 spiro atoms. The van der Waals surface area contributed by atoms with Crippen molar-refractivity contribution < 1.29 is 373 Å². The van der Waals surface area contributed by atoms with Crippen LogP contribution in [0.1, 0.15) is 13.3 Å². The van der Waals surface area contributed by atoms with Crippen molar-refractivity contribution in [1.29, 1.82) is 0 Å². The van der Waals surface area contributed by atoms with Crippen LogP contribution in [0.4, 0.5) is 0 Å². The van der Waals surface area contributed by atoms with Gasteiger partial charge in [-0.05, 0) is 6.42 Å². The number of ether oxygens (including phenoxy) is 8. The molecule has 4 heterocycles. The van der Waals surface area contributed by atoms with Crippen molar-refractivity contribution in [3.8, 4) is 0 Å². The topological polar surface area (TPSA) is 613 Å². The quantitative estimate of drug-likeness (QED) is 0.0267. The van der Waals surface area contributed by atoms with Gasteiger partial charge in [0.2, 0.25) is 31.2 Å². The number of aliphatic hydroxyl groups excluding tert-OH is 6. The largest absolute Gasteiger partial charge is 1.00 e. The molecule has 0 aromatic heterocycles. The van der Waals surface area contributed by atoms with Crippen LogP contribution in [0.15, 0.2) is 0 Å². The summed E-state index contributed by atoms with van der Waals surface area (Å²) < 4.78 is 233. The Morgan fingerprint density at radius 3 is 1.23 bits per heavy atom. The molecule has 0 radical (unpaired) electrons. The summed E-state index contributed by atoms with van der Waals surface area (Å²) in [5.74, 6) is -4.96. The van der Waals surface area contributed by atoms with Gasteiger partial charge >= 0.3 is 207 Å². The first-order chi connectivity index (χ1) is 32.0. The van der Waals surface area contributed by atoms with Gasteiger partial charge in [-0.25, -0.2) is 51.5 Å². The second-order valence-corrected chi connectivity index (χ2v) is 20.1. The molecule has 0 aromatic carbocycles. The van der Waals surface area contributed by atoms with Crippen molar-refractivity contribution in [2.75, 3.05) is 19.8 Å². The molecule has 0 amide bonds. The van der Waals surface area contributed by atoms with E-state index >= 15 is 0 Å². The van der Waals surface area contributed by atoms with E-state index in [4.69, 9.17) is 37.9 Å². The van der Waals surface area contributed by atoms with Crippen molar-refractivity contribution in [2.45, 2.75) is 136 Å². The van der Waals surface area contributed by atoms with E-state index in [0.717, 1.165) is 4.72 Å². The van der Waals surface area contributed by atoms with Crippen molar-refractivity contribution in [2.24, 2.45) is 0 Å². The molecule has 20 atom stereocenters. The first-order valence-electron chi connectivity index (χ1n) is 18.9. The number of rotatable bonds is 23. The second-order valence-electron chi connectivity index (χ2n) is 14.7. The molecule has 0 bridgehead atoms. The van der Waals surface area contributed by atoms with Crippen molar-refractivity contribution in [1.82, 2.24) is 9.44 Å². The molecule has 8 N–H and O–H groups in total. The maximum Gasteiger partial charge on any atom is 1.00 e. The van der Waals surface area contributed by atoms with E-state index in [0.29, 0.717) is 0 Å². The average Bonchev–Trinajstić information content (AvgIpc) is 3.20. The first-order valence-corrected chi connectivity index (χ1v) is 25.7. The van der Waals surface area contributed by atoms with Gasteiger partial charge in [-0.15, -0.1) is 0 Å². The molecule has 50 heteroatoms. The number of carbonyl (C=O) groups is 2. The molecule has 38 nitrogen and oxygen atoms in total. The van der Waals surface area contributed by atoms with Gasteiger partial charge < -0.3 is 111 Å². The Labute approximate surface area is 592 Å². The average molecular weight is 1290 g/mol. The van der Waals surface area contributed by atoms with Crippen LogP contribution in [0.5, 0.6) is 0 Å². The minimum Gasteiger partial charge on any atom is -0.735 e. The number of hydrogen-bond donors (Lipinski definition) is 8. The minimum atomic E-state index is -6.26. The molecular weight excluding hydrogens is 1250 g/mol. The Balaban J connectivity index is -0.00000381. The third kappa shape index (κ3) is 26.8. The van der Waals surface area contributed by atoms with Crippen LogP contribution in [-0.4, -0.2) is 250 Å². The van der Waals surface area contributed by atoms with E-state index in [1.807, 2.05) is 0 Å². The number of aliphatic carboxylic acids is 2. The van der Waals surface area contributed by atoms with E-state index < -0.39 is 206 Å². The van der Waals surface area contributed by atoms with Crippen LogP contribution >= 0.6 is 0 Å². The molecule has 4 aliphatic heterocycles. The molecule has 0 saturated carbocycles. The number of aliphatic hydroxyl groups is 6. The molecule has 4 aliphatic rings. The Morgan fingerprint density at radius 2 is 0.870 bits per heavy atom. The van der Waals surface area contributed by atoms with Crippen LogP contribution in [-0.2, 0) is 112 Å². The van der Waals surface area contributed by atoms with Crippen LogP contribution in [0.2, 0.25) is 0 Å². The van der Waals surface area contributed by atoms with E-state index in [1.54, 1.807) is 0 Å². The Morgan fingerprint density at radius 1 is 0.494 bits per heavy atom. The minimum absolute atomic E-state index is 0. The molecule has 4 saturated heterocycles. The molecular formula is C27H39N2Na7O36S5. The monoisotopic (exact) mass is 1290 g/mol. The summed E-state index contributed by atoms with van der Waals surface area (Å²) in [6.45, 7) is -2.04. The summed E-state index contributed by atoms with van der Waals surface area (Å²) in [4.78, 5) is 24.7. The number of carbonyl (C=O) groups excluding carboxylic acids is 2. The van der Waals surface area contributed by atoms with E-state index in [9.17, 15) is 115 Å². The third-order valence-corrected chi connectivity index (χ3v) is 12.3. The summed E-state index contributed by atoms with van der Waals surface area (Å²) in [6, 6.07) is -5.40. The fraction of sp³-hybridized carbons (Fsp3) is 0.926. The number of carboxylic acids is 2.